The van der Waals surface area contributed by atoms with Crippen LogP contribution in [0.3, 0.4) is 0 Å². The van der Waals surface area contributed by atoms with Crippen molar-refractivity contribution in [1.82, 2.24) is 5.32 Å². The van der Waals surface area contributed by atoms with Crippen molar-refractivity contribution >= 4 is 17.5 Å². The molecule has 0 aromatic heterocycles. The number of benzene rings is 2. The minimum Gasteiger partial charge on any atom is -0.351 e. The molecule has 0 bridgehead atoms. The van der Waals surface area contributed by atoms with E-state index in [1.54, 1.807) is 13.8 Å². The minimum atomic E-state index is -1.16. The van der Waals surface area contributed by atoms with Crippen LogP contribution in [0.2, 0.25) is 0 Å². The van der Waals surface area contributed by atoms with E-state index in [0.717, 1.165) is 22.4 Å². The van der Waals surface area contributed by atoms with Gasteiger partial charge in [-0.1, -0.05) is 42.5 Å². The number of para-hydroxylation sites is 1. The highest BCUT2D eigenvalue weighted by Gasteiger charge is 2.36. The Morgan fingerprint density at radius 2 is 1.46 bits per heavy atom. The Labute approximate surface area is 143 Å². The molecule has 2 amide bonds. The summed E-state index contributed by atoms with van der Waals surface area (Å²) in [4.78, 5) is 25.0. The van der Waals surface area contributed by atoms with Crippen LogP contribution in [0.25, 0.3) is 0 Å². The minimum absolute atomic E-state index is 0.295. The molecule has 4 heteroatoms. The second kappa shape index (κ2) is 7.30. The van der Waals surface area contributed by atoms with Crippen LogP contribution < -0.4 is 10.6 Å². The molecular weight excluding hydrogens is 300 g/mol. The van der Waals surface area contributed by atoms with Gasteiger partial charge in [0.1, 0.15) is 5.41 Å². The van der Waals surface area contributed by atoms with Gasteiger partial charge in [-0.25, -0.2) is 0 Å². The first-order valence-electron chi connectivity index (χ1n) is 8.02. The van der Waals surface area contributed by atoms with E-state index in [9.17, 15) is 9.59 Å². The fourth-order valence-electron chi connectivity index (χ4n) is 2.30. The summed E-state index contributed by atoms with van der Waals surface area (Å²) >= 11 is 0. The predicted molar refractivity (Wildman–Crippen MR) is 96.6 cm³/mol. The smallest absolute Gasteiger partial charge is 0.239 e. The molecule has 0 spiro atoms. The van der Waals surface area contributed by atoms with E-state index in [4.69, 9.17) is 0 Å². The van der Waals surface area contributed by atoms with Crippen molar-refractivity contribution in [2.24, 2.45) is 5.41 Å². The molecule has 2 N–H and O–H groups in total. The van der Waals surface area contributed by atoms with Gasteiger partial charge in [0.25, 0.3) is 0 Å². The third kappa shape index (κ3) is 4.02. The Hall–Kier alpha value is -2.62. The van der Waals surface area contributed by atoms with Crippen molar-refractivity contribution in [3.05, 3.63) is 65.2 Å². The average molecular weight is 324 g/mol. The van der Waals surface area contributed by atoms with E-state index < -0.39 is 5.41 Å². The molecule has 4 nitrogen and oxygen atoms in total. The van der Waals surface area contributed by atoms with Crippen LogP contribution in [-0.4, -0.2) is 11.8 Å². The van der Waals surface area contributed by atoms with Gasteiger partial charge in [0.05, 0.1) is 0 Å². The SMILES string of the molecule is Cc1ccccc1CNC(=O)C(C)(C)C(=O)Nc1ccccc1C. The van der Waals surface area contributed by atoms with Gasteiger partial charge in [-0.2, -0.15) is 0 Å². The Bertz CT molecular complexity index is 751. The van der Waals surface area contributed by atoms with Crippen LogP contribution in [0.1, 0.15) is 30.5 Å². The van der Waals surface area contributed by atoms with Crippen molar-refractivity contribution in [3.8, 4) is 0 Å². The number of nitrogens with one attached hydrogen (secondary N) is 2. The lowest BCUT2D eigenvalue weighted by molar-refractivity contribution is -0.138. The van der Waals surface area contributed by atoms with Crippen LogP contribution in [0, 0.1) is 19.3 Å². The van der Waals surface area contributed by atoms with Gasteiger partial charge in [-0.15, -0.1) is 0 Å². The number of rotatable bonds is 5. The van der Waals surface area contributed by atoms with Gasteiger partial charge in [0, 0.05) is 12.2 Å². The summed E-state index contributed by atoms with van der Waals surface area (Å²) in [6.07, 6.45) is 0. The van der Waals surface area contributed by atoms with Crippen molar-refractivity contribution in [2.75, 3.05) is 5.32 Å². The lowest BCUT2D eigenvalue weighted by Crippen LogP contribution is -2.45. The summed E-state index contributed by atoms with van der Waals surface area (Å²) in [6, 6.07) is 15.4. The van der Waals surface area contributed by atoms with Gasteiger partial charge >= 0.3 is 0 Å². The number of anilines is 1. The van der Waals surface area contributed by atoms with Gasteiger partial charge in [-0.05, 0) is 50.5 Å². The quantitative estimate of drug-likeness (QED) is 0.826. The molecule has 0 heterocycles. The van der Waals surface area contributed by atoms with Gasteiger partial charge in [0.15, 0.2) is 0 Å². The third-order valence-electron chi connectivity index (χ3n) is 4.23. The standard InChI is InChI=1S/C20H24N2O2/c1-14-9-5-7-11-16(14)13-21-18(23)20(3,4)19(24)22-17-12-8-6-10-15(17)2/h5-12H,13H2,1-4H3,(H,21,23)(H,22,24). The molecular formula is C20H24N2O2. The highest BCUT2D eigenvalue weighted by Crippen LogP contribution is 2.21. The van der Waals surface area contributed by atoms with E-state index in [0.29, 0.717) is 6.54 Å². The number of amides is 2. The van der Waals surface area contributed by atoms with Gasteiger partial charge in [-0.3, -0.25) is 9.59 Å². The van der Waals surface area contributed by atoms with E-state index in [1.165, 1.54) is 0 Å². The van der Waals surface area contributed by atoms with E-state index in [1.807, 2.05) is 62.4 Å². The molecule has 2 rings (SSSR count). The third-order valence-corrected chi connectivity index (χ3v) is 4.23. The molecule has 2 aromatic rings. The summed E-state index contributed by atoms with van der Waals surface area (Å²) < 4.78 is 0. The van der Waals surface area contributed by atoms with Crippen LogP contribution in [0.4, 0.5) is 5.69 Å². The largest absolute Gasteiger partial charge is 0.351 e. The topological polar surface area (TPSA) is 58.2 Å². The van der Waals surface area contributed by atoms with E-state index in [2.05, 4.69) is 10.6 Å². The number of hydrogen-bond acceptors (Lipinski definition) is 2. The first-order chi connectivity index (χ1) is 11.3. The number of hydrogen-bond donors (Lipinski definition) is 2. The molecule has 0 aliphatic rings. The zero-order chi connectivity index (χ0) is 17.7. The molecule has 126 valence electrons. The highest BCUT2D eigenvalue weighted by atomic mass is 16.2. The van der Waals surface area contributed by atoms with Crippen molar-refractivity contribution in [3.63, 3.8) is 0 Å². The van der Waals surface area contributed by atoms with Crippen molar-refractivity contribution in [1.29, 1.82) is 0 Å². The summed E-state index contributed by atoms with van der Waals surface area (Å²) in [6.45, 7) is 7.59. The fourth-order valence-corrected chi connectivity index (χ4v) is 2.30. The molecule has 0 saturated heterocycles. The van der Waals surface area contributed by atoms with Gasteiger partial charge < -0.3 is 10.6 Å². The molecule has 24 heavy (non-hydrogen) atoms. The molecule has 0 radical (unpaired) electrons. The Morgan fingerprint density at radius 3 is 2.08 bits per heavy atom. The number of aryl methyl sites for hydroxylation is 2. The molecule has 0 aliphatic heterocycles. The van der Waals surface area contributed by atoms with E-state index >= 15 is 0 Å². The highest BCUT2D eigenvalue weighted by molar-refractivity contribution is 6.10. The molecule has 0 fully saturated rings. The molecule has 0 atom stereocenters. The Morgan fingerprint density at radius 1 is 0.875 bits per heavy atom. The molecule has 0 saturated carbocycles. The first kappa shape index (κ1) is 17.7. The van der Waals surface area contributed by atoms with Crippen molar-refractivity contribution < 1.29 is 9.59 Å². The second-order valence-corrected chi connectivity index (χ2v) is 6.50. The average Bonchev–Trinajstić information content (AvgIpc) is 2.55. The zero-order valence-corrected chi connectivity index (χ0v) is 14.6. The molecule has 0 aliphatic carbocycles. The molecule has 0 unspecified atom stereocenters. The lowest BCUT2D eigenvalue weighted by Gasteiger charge is -2.23. The summed E-state index contributed by atoms with van der Waals surface area (Å²) in [5.74, 6) is -0.615. The predicted octanol–water partition coefficient (Wildman–Crippen LogP) is 3.58. The maximum atomic E-state index is 12.5. The normalized spacial score (nSPS) is 11.0. The summed E-state index contributed by atoms with van der Waals surface area (Å²) in [5, 5.41) is 5.70. The zero-order valence-electron chi connectivity index (χ0n) is 14.6. The van der Waals surface area contributed by atoms with Gasteiger partial charge in [0.2, 0.25) is 11.8 Å². The summed E-state index contributed by atoms with van der Waals surface area (Å²) in [7, 11) is 0. The number of carbonyl (C=O) groups excluding carboxylic acids is 2. The maximum Gasteiger partial charge on any atom is 0.239 e. The first-order valence-corrected chi connectivity index (χ1v) is 8.02. The Kier molecular flexibility index (Phi) is 5.39. The van der Waals surface area contributed by atoms with Crippen LogP contribution in [0.5, 0.6) is 0 Å². The molecule has 2 aromatic carbocycles. The lowest BCUT2D eigenvalue weighted by atomic mass is 9.90. The van der Waals surface area contributed by atoms with Crippen LogP contribution >= 0.6 is 0 Å². The van der Waals surface area contributed by atoms with Crippen molar-refractivity contribution in [2.45, 2.75) is 34.2 Å². The van der Waals surface area contributed by atoms with Crippen LogP contribution in [0.15, 0.2) is 48.5 Å². The maximum absolute atomic E-state index is 12.5. The van der Waals surface area contributed by atoms with E-state index in [-0.39, 0.29) is 11.8 Å². The summed E-state index contributed by atoms with van der Waals surface area (Å²) in [5.41, 5.74) is 2.68. The fraction of sp³-hybridized carbons (Fsp3) is 0.300. The second-order valence-electron chi connectivity index (χ2n) is 6.50. The monoisotopic (exact) mass is 324 g/mol. The van der Waals surface area contributed by atoms with Crippen LogP contribution in [-0.2, 0) is 16.1 Å². The number of carbonyl (C=O) groups is 2. The Balaban J connectivity index is 2.03.